The van der Waals surface area contributed by atoms with Gasteiger partial charge in [0.1, 0.15) is 0 Å². The Morgan fingerprint density at radius 3 is 2.42 bits per heavy atom. The molecule has 6 N–H and O–H groups in total. The topological polar surface area (TPSA) is 101 Å². The molecular weight excluding hydrogens is 156 g/mol. The zero-order chi connectivity index (χ0) is 8.97. The highest BCUT2D eigenvalue weighted by Gasteiger charge is 2.12. The Balaban J connectivity index is 2.34. The van der Waals surface area contributed by atoms with Gasteiger partial charge in [0, 0.05) is 26.2 Å². The van der Waals surface area contributed by atoms with E-state index in [1.54, 1.807) is 0 Å². The van der Waals surface area contributed by atoms with Crippen molar-refractivity contribution < 1.29 is 0 Å². The van der Waals surface area contributed by atoms with E-state index in [1.807, 2.05) is 4.90 Å². The number of nitrogens with two attached hydrogens (primary N) is 1. The standard InChI is InChI=1S/C6H14N6/c7-5(8)11-6(9)12-3-1-10-2-4-12/h10H,1-4H2,(H5,7,8,9,11). The number of nitrogens with one attached hydrogen (secondary N) is 4. The predicted octanol–water partition coefficient (Wildman–Crippen LogP) is -1.69. The number of hydrogen-bond acceptors (Lipinski definition) is 3. The second-order valence-corrected chi connectivity index (χ2v) is 2.62. The fourth-order valence-electron chi connectivity index (χ4n) is 1.10. The zero-order valence-corrected chi connectivity index (χ0v) is 6.85. The minimum Gasteiger partial charge on any atom is -0.370 e. The summed E-state index contributed by atoms with van der Waals surface area (Å²) in [4.78, 5) is 1.85. The maximum Gasteiger partial charge on any atom is 0.197 e. The Kier molecular flexibility index (Phi) is 2.87. The van der Waals surface area contributed by atoms with Gasteiger partial charge in [0.05, 0.1) is 0 Å². The largest absolute Gasteiger partial charge is 0.370 e. The van der Waals surface area contributed by atoms with Gasteiger partial charge in [-0.2, -0.15) is 0 Å². The van der Waals surface area contributed by atoms with E-state index in [2.05, 4.69) is 10.6 Å². The highest BCUT2D eigenvalue weighted by Crippen LogP contribution is 1.90. The van der Waals surface area contributed by atoms with Crippen LogP contribution in [0.15, 0.2) is 0 Å². The van der Waals surface area contributed by atoms with E-state index in [9.17, 15) is 0 Å². The van der Waals surface area contributed by atoms with E-state index < -0.39 is 0 Å². The molecule has 6 nitrogen and oxygen atoms in total. The van der Waals surface area contributed by atoms with Gasteiger partial charge in [0.2, 0.25) is 0 Å². The molecule has 0 radical (unpaired) electrons. The Hall–Kier alpha value is -1.30. The van der Waals surface area contributed by atoms with Crippen molar-refractivity contribution in [2.24, 2.45) is 5.73 Å². The number of hydrogen-bond donors (Lipinski definition) is 5. The quantitative estimate of drug-likeness (QED) is 0.221. The number of rotatable bonds is 0. The molecule has 1 fully saturated rings. The van der Waals surface area contributed by atoms with E-state index in [-0.39, 0.29) is 11.9 Å². The molecule has 0 saturated carbocycles. The van der Waals surface area contributed by atoms with Gasteiger partial charge >= 0.3 is 0 Å². The van der Waals surface area contributed by atoms with Crippen molar-refractivity contribution in [1.29, 1.82) is 10.8 Å². The van der Waals surface area contributed by atoms with E-state index in [0.717, 1.165) is 26.2 Å². The lowest BCUT2D eigenvalue weighted by Gasteiger charge is -2.29. The SMILES string of the molecule is N=C(N)NC(=N)N1CCNCC1. The van der Waals surface area contributed by atoms with Gasteiger partial charge in [0.15, 0.2) is 11.9 Å². The summed E-state index contributed by atoms with van der Waals surface area (Å²) in [5.41, 5.74) is 5.09. The van der Waals surface area contributed by atoms with E-state index in [0.29, 0.717) is 0 Å². The predicted molar refractivity (Wildman–Crippen MR) is 47.2 cm³/mol. The third-order valence-electron chi connectivity index (χ3n) is 1.69. The summed E-state index contributed by atoms with van der Waals surface area (Å²) in [7, 11) is 0. The van der Waals surface area contributed by atoms with Crippen LogP contribution >= 0.6 is 0 Å². The summed E-state index contributed by atoms with van der Waals surface area (Å²) in [5.74, 6) is 0.0301. The molecule has 1 aliphatic rings. The molecule has 12 heavy (non-hydrogen) atoms. The number of nitrogens with zero attached hydrogens (tertiary/aromatic N) is 1. The second kappa shape index (κ2) is 3.91. The molecule has 0 aromatic heterocycles. The first kappa shape index (κ1) is 8.79. The van der Waals surface area contributed by atoms with Gasteiger partial charge in [-0.1, -0.05) is 0 Å². The van der Waals surface area contributed by atoms with Crippen molar-refractivity contribution >= 4 is 11.9 Å². The van der Waals surface area contributed by atoms with Crippen LogP contribution in [-0.4, -0.2) is 43.0 Å². The fraction of sp³-hybridized carbons (Fsp3) is 0.667. The third kappa shape index (κ3) is 2.39. The van der Waals surface area contributed by atoms with Gasteiger partial charge in [-0.25, -0.2) is 0 Å². The second-order valence-electron chi connectivity index (χ2n) is 2.62. The number of piperazine rings is 1. The van der Waals surface area contributed by atoms with Crippen LogP contribution in [0.2, 0.25) is 0 Å². The summed E-state index contributed by atoms with van der Waals surface area (Å²) in [5, 5.41) is 20.0. The van der Waals surface area contributed by atoms with E-state index in [4.69, 9.17) is 16.6 Å². The lowest BCUT2D eigenvalue weighted by Crippen LogP contribution is -2.52. The fourth-order valence-corrected chi connectivity index (χ4v) is 1.10. The van der Waals surface area contributed by atoms with Crippen LogP contribution in [-0.2, 0) is 0 Å². The highest BCUT2D eigenvalue weighted by molar-refractivity contribution is 5.94. The molecule has 6 heteroatoms. The maximum absolute atomic E-state index is 7.48. The molecule has 0 amide bonds. The van der Waals surface area contributed by atoms with Crippen molar-refractivity contribution in [3.05, 3.63) is 0 Å². The van der Waals surface area contributed by atoms with Crippen LogP contribution in [0.5, 0.6) is 0 Å². The average molecular weight is 170 g/mol. The van der Waals surface area contributed by atoms with Gasteiger partial charge in [-0.3, -0.25) is 16.1 Å². The highest BCUT2D eigenvalue weighted by atomic mass is 15.3. The van der Waals surface area contributed by atoms with Crippen LogP contribution < -0.4 is 16.4 Å². The summed E-state index contributed by atoms with van der Waals surface area (Å²) in [6.07, 6.45) is 0. The van der Waals surface area contributed by atoms with Crippen LogP contribution in [0.1, 0.15) is 0 Å². The third-order valence-corrected chi connectivity index (χ3v) is 1.69. The van der Waals surface area contributed by atoms with Gasteiger partial charge < -0.3 is 16.0 Å². The molecule has 0 aromatic carbocycles. The van der Waals surface area contributed by atoms with Crippen LogP contribution in [0.25, 0.3) is 0 Å². The molecule has 0 spiro atoms. The monoisotopic (exact) mass is 170 g/mol. The van der Waals surface area contributed by atoms with Gasteiger partial charge in [-0.05, 0) is 0 Å². The first-order valence-corrected chi connectivity index (χ1v) is 3.85. The lowest BCUT2D eigenvalue weighted by atomic mass is 10.4. The Morgan fingerprint density at radius 1 is 1.33 bits per heavy atom. The van der Waals surface area contributed by atoms with Crippen molar-refractivity contribution in [3.8, 4) is 0 Å². The summed E-state index contributed by atoms with van der Waals surface area (Å²) < 4.78 is 0. The zero-order valence-electron chi connectivity index (χ0n) is 6.85. The number of guanidine groups is 2. The van der Waals surface area contributed by atoms with Crippen LogP contribution in [0.3, 0.4) is 0 Å². The molecule has 0 atom stereocenters. The molecule has 1 saturated heterocycles. The van der Waals surface area contributed by atoms with Crippen LogP contribution in [0, 0.1) is 10.8 Å². The molecular formula is C6H14N6. The maximum atomic E-state index is 7.48. The van der Waals surface area contributed by atoms with Crippen molar-refractivity contribution in [3.63, 3.8) is 0 Å². The summed E-state index contributed by atoms with van der Waals surface area (Å²) >= 11 is 0. The average Bonchev–Trinajstić information content (AvgIpc) is 2.05. The first-order valence-electron chi connectivity index (χ1n) is 3.85. The molecule has 0 bridgehead atoms. The van der Waals surface area contributed by atoms with Crippen molar-refractivity contribution in [2.75, 3.05) is 26.2 Å². The van der Waals surface area contributed by atoms with Crippen LogP contribution in [0.4, 0.5) is 0 Å². The first-order chi connectivity index (χ1) is 5.70. The Labute approximate surface area is 71.1 Å². The molecule has 0 aromatic rings. The minimum absolute atomic E-state index is 0.182. The van der Waals surface area contributed by atoms with Crippen molar-refractivity contribution in [2.45, 2.75) is 0 Å². The van der Waals surface area contributed by atoms with E-state index >= 15 is 0 Å². The van der Waals surface area contributed by atoms with Crippen molar-refractivity contribution in [1.82, 2.24) is 15.5 Å². The Morgan fingerprint density at radius 2 is 1.92 bits per heavy atom. The van der Waals surface area contributed by atoms with Gasteiger partial charge in [-0.15, -0.1) is 0 Å². The summed E-state index contributed by atoms with van der Waals surface area (Å²) in [6, 6.07) is 0. The van der Waals surface area contributed by atoms with Gasteiger partial charge in [0.25, 0.3) is 0 Å². The molecule has 68 valence electrons. The smallest absolute Gasteiger partial charge is 0.197 e. The lowest BCUT2D eigenvalue weighted by molar-refractivity contribution is 0.349. The minimum atomic E-state index is -0.182. The molecule has 1 heterocycles. The van der Waals surface area contributed by atoms with E-state index in [1.165, 1.54) is 0 Å². The normalized spacial score (nSPS) is 17.2. The molecule has 0 aliphatic carbocycles. The Bertz CT molecular complexity index is 182. The molecule has 1 rings (SSSR count). The summed E-state index contributed by atoms with van der Waals surface area (Å²) in [6.45, 7) is 3.34. The molecule has 0 unspecified atom stereocenters. The molecule has 1 aliphatic heterocycles.